The van der Waals surface area contributed by atoms with E-state index in [1.165, 1.54) is 18.5 Å². The smallest absolute Gasteiger partial charge is 0.0900 e. The maximum absolute atomic E-state index is 9.86. The van der Waals surface area contributed by atoms with E-state index in [1.54, 1.807) is 6.20 Å². The molecule has 5 nitrogen and oxygen atoms in total. The van der Waals surface area contributed by atoms with Crippen LogP contribution in [0.5, 0.6) is 0 Å². The lowest BCUT2D eigenvalue weighted by Gasteiger charge is -2.33. The highest BCUT2D eigenvalue weighted by molar-refractivity contribution is 5.07. The van der Waals surface area contributed by atoms with E-state index in [0.29, 0.717) is 25.7 Å². The molecule has 0 spiro atoms. The van der Waals surface area contributed by atoms with E-state index in [1.807, 2.05) is 13.0 Å². The summed E-state index contributed by atoms with van der Waals surface area (Å²) in [4.78, 5) is 2.32. The number of piperidine rings is 1. The second-order valence-corrected chi connectivity index (χ2v) is 4.92. The molecule has 1 saturated heterocycles. The summed E-state index contributed by atoms with van der Waals surface area (Å²) in [7, 11) is 0. The Morgan fingerprint density at radius 2 is 2.56 bits per heavy atom. The van der Waals surface area contributed by atoms with Gasteiger partial charge in [-0.1, -0.05) is 0 Å². The van der Waals surface area contributed by atoms with Crippen molar-refractivity contribution in [3.63, 3.8) is 0 Å². The van der Waals surface area contributed by atoms with Gasteiger partial charge in [-0.25, -0.2) is 0 Å². The van der Waals surface area contributed by atoms with Crippen molar-refractivity contribution in [2.24, 2.45) is 0 Å². The molecule has 5 heteroatoms. The molecule has 2 N–H and O–H groups in total. The first-order chi connectivity index (χ1) is 8.79. The number of aromatic amines is 1. The van der Waals surface area contributed by atoms with Crippen molar-refractivity contribution in [1.82, 2.24) is 15.1 Å². The van der Waals surface area contributed by atoms with Crippen LogP contribution in [-0.2, 0) is 4.74 Å². The molecule has 1 aliphatic heterocycles. The van der Waals surface area contributed by atoms with Crippen LogP contribution in [0.1, 0.15) is 31.4 Å². The fourth-order valence-corrected chi connectivity index (χ4v) is 2.57. The summed E-state index contributed by atoms with van der Waals surface area (Å²) in [6.45, 7) is 5.79. The molecule has 1 aliphatic rings. The Labute approximate surface area is 108 Å². The molecule has 1 aromatic rings. The molecule has 0 aliphatic carbocycles. The number of rotatable bonds is 6. The number of hydrogen-bond donors (Lipinski definition) is 2. The number of nitrogens with zero attached hydrogens (tertiary/aromatic N) is 2. The van der Waals surface area contributed by atoms with Gasteiger partial charge in [0.05, 0.1) is 12.7 Å². The van der Waals surface area contributed by atoms with Crippen molar-refractivity contribution in [3.05, 3.63) is 18.0 Å². The van der Waals surface area contributed by atoms with Gasteiger partial charge < -0.3 is 14.7 Å². The minimum Gasteiger partial charge on any atom is -0.389 e. The molecule has 18 heavy (non-hydrogen) atoms. The fraction of sp³-hybridized carbons (Fsp3) is 0.769. The number of aliphatic hydroxyl groups excluding tert-OH is 1. The first-order valence-corrected chi connectivity index (χ1v) is 6.77. The lowest BCUT2D eigenvalue weighted by atomic mass is 9.95. The zero-order valence-corrected chi connectivity index (χ0v) is 11.0. The van der Waals surface area contributed by atoms with Crippen LogP contribution in [0.4, 0.5) is 0 Å². The minimum absolute atomic E-state index is 0.384. The number of H-pyrrole nitrogens is 1. The van der Waals surface area contributed by atoms with E-state index < -0.39 is 0 Å². The molecule has 0 aromatic carbocycles. The summed E-state index contributed by atoms with van der Waals surface area (Å²) in [6.07, 6.45) is 3.79. The molecule has 0 amide bonds. The third-order valence-electron chi connectivity index (χ3n) is 3.45. The third-order valence-corrected chi connectivity index (χ3v) is 3.45. The van der Waals surface area contributed by atoms with E-state index in [4.69, 9.17) is 4.74 Å². The van der Waals surface area contributed by atoms with Crippen molar-refractivity contribution < 1.29 is 9.84 Å². The summed E-state index contributed by atoms with van der Waals surface area (Å²) < 4.78 is 5.24. The molecule has 102 valence electrons. The van der Waals surface area contributed by atoms with Crippen molar-refractivity contribution >= 4 is 0 Å². The number of hydrogen-bond acceptors (Lipinski definition) is 4. The largest absolute Gasteiger partial charge is 0.389 e. The molecular weight excluding hydrogens is 230 g/mol. The number of aromatic nitrogens is 2. The number of nitrogens with one attached hydrogen (secondary N) is 1. The van der Waals surface area contributed by atoms with Crippen molar-refractivity contribution in [3.8, 4) is 0 Å². The number of β-amino-alcohol motifs (C(OH)–C–C–N with tert-alkyl or cyclic N) is 1. The third kappa shape index (κ3) is 3.80. The van der Waals surface area contributed by atoms with E-state index in [9.17, 15) is 5.11 Å². The van der Waals surface area contributed by atoms with E-state index in [2.05, 4.69) is 15.1 Å². The molecule has 2 rings (SSSR count). The van der Waals surface area contributed by atoms with E-state index >= 15 is 0 Å². The second-order valence-electron chi connectivity index (χ2n) is 4.92. The molecule has 1 fully saturated rings. The Balaban J connectivity index is 1.80. The summed E-state index contributed by atoms with van der Waals surface area (Å²) >= 11 is 0. The summed E-state index contributed by atoms with van der Waals surface area (Å²) in [5.74, 6) is 0.514. The molecule has 0 saturated carbocycles. The second kappa shape index (κ2) is 6.87. The van der Waals surface area contributed by atoms with Gasteiger partial charge in [0.15, 0.2) is 0 Å². The average Bonchev–Trinajstić information content (AvgIpc) is 2.90. The SMILES string of the molecule is CCOC[C@@H](O)CN1CCC[C@@H](c2ccn[nH]2)C1. The van der Waals surface area contributed by atoms with Gasteiger partial charge in [-0.3, -0.25) is 5.10 Å². The highest BCUT2D eigenvalue weighted by Gasteiger charge is 2.23. The predicted molar refractivity (Wildman–Crippen MR) is 69.5 cm³/mol. The van der Waals surface area contributed by atoms with Crippen LogP contribution in [0.25, 0.3) is 0 Å². The number of ether oxygens (including phenoxy) is 1. The van der Waals surface area contributed by atoms with Crippen LogP contribution in [-0.4, -0.2) is 59.2 Å². The summed E-state index contributed by atoms with van der Waals surface area (Å²) in [5.41, 5.74) is 1.21. The lowest BCUT2D eigenvalue weighted by Crippen LogP contribution is -2.40. The summed E-state index contributed by atoms with van der Waals surface area (Å²) in [5, 5.41) is 16.9. The Morgan fingerprint density at radius 1 is 1.67 bits per heavy atom. The van der Waals surface area contributed by atoms with Gasteiger partial charge in [0.1, 0.15) is 0 Å². The Kier molecular flexibility index (Phi) is 5.16. The van der Waals surface area contributed by atoms with Gasteiger partial charge in [-0.2, -0.15) is 5.10 Å². The van der Waals surface area contributed by atoms with Gasteiger partial charge in [0, 0.05) is 37.5 Å². The predicted octanol–water partition coefficient (Wildman–Crippen LogP) is 0.986. The zero-order valence-electron chi connectivity index (χ0n) is 11.0. The van der Waals surface area contributed by atoms with Gasteiger partial charge >= 0.3 is 0 Å². The standard InChI is InChI=1S/C13H23N3O2/c1-2-18-10-12(17)9-16-7-3-4-11(8-16)13-5-6-14-15-13/h5-6,11-12,17H,2-4,7-10H2,1H3,(H,14,15)/t11-,12+/m1/s1. The normalized spacial score (nSPS) is 23.1. The highest BCUT2D eigenvalue weighted by atomic mass is 16.5. The van der Waals surface area contributed by atoms with Crippen molar-refractivity contribution in [2.45, 2.75) is 31.8 Å². The van der Waals surface area contributed by atoms with E-state index in [-0.39, 0.29) is 6.10 Å². The van der Waals surface area contributed by atoms with Crippen LogP contribution < -0.4 is 0 Å². The van der Waals surface area contributed by atoms with Gasteiger partial charge in [0.2, 0.25) is 0 Å². The van der Waals surface area contributed by atoms with Crippen LogP contribution in [0, 0.1) is 0 Å². The molecule has 0 bridgehead atoms. The van der Waals surface area contributed by atoms with Crippen LogP contribution in [0.2, 0.25) is 0 Å². The summed E-state index contributed by atoms with van der Waals surface area (Å²) in [6, 6.07) is 2.05. The maximum Gasteiger partial charge on any atom is 0.0900 e. The van der Waals surface area contributed by atoms with Crippen molar-refractivity contribution in [2.75, 3.05) is 32.8 Å². The fourth-order valence-electron chi connectivity index (χ4n) is 2.57. The van der Waals surface area contributed by atoms with Gasteiger partial charge in [-0.15, -0.1) is 0 Å². The molecule has 0 unspecified atom stereocenters. The Morgan fingerprint density at radius 3 is 3.28 bits per heavy atom. The first kappa shape index (κ1) is 13.5. The minimum atomic E-state index is -0.384. The topological polar surface area (TPSA) is 61.4 Å². The molecule has 1 aromatic heterocycles. The van der Waals surface area contributed by atoms with Crippen LogP contribution in [0.3, 0.4) is 0 Å². The molecular formula is C13H23N3O2. The molecule has 2 heterocycles. The number of aliphatic hydroxyl groups is 1. The Hall–Kier alpha value is -0.910. The lowest BCUT2D eigenvalue weighted by molar-refractivity contribution is 0.0160. The molecule has 2 atom stereocenters. The van der Waals surface area contributed by atoms with Gasteiger partial charge in [0.25, 0.3) is 0 Å². The van der Waals surface area contributed by atoms with Gasteiger partial charge in [-0.05, 0) is 32.4 Å². The maximum atomic E-state index is 9.86. The zero-order chi connectivity index (χ0) is 12.8. The molecule has 0 radical (unpaired) electrons. The Bertz CT molecular complexity index is 329. The van der Waals surface area contributed by atoms with Crippen molar-refractivity contribution in [1.29, 1.82) is 0 Å². The van der Waals surface area contributed by atoms with Crippen LogP contribution >= 0.6 is 0 Å². The van der Waals surface area contributed by atoms with E-state index in [0.717, 1.165) is 13.1 Å². The highest BCUT2D eigenvalue weighted by Crippen LogP contribution is 2.25. The van der Waals surface area contributed by atoms with Crippen LogP contribution in [0.15, 0.2) is 12.3 Å². The monoisotopic (exact) mass is 253 g/mol. The number of likely N-dealkylation sites (tertiary alicyclic amines) is 1. The average molecular weight is 253 g/mol. The first-order valence-electron chi connectivity index (χ1n) is 6.77. The quantitative estimate of drug-likeness (QED) is 0.793.